The van der Waals surface area contributed by atoms with Crippen LogP contribution in [0.5, 0.6) is 0 Å². The highest BCUT2D eigenvalue weighted by atomic mass is 15.1. The maximum atomic E-state index is 2.34. The van der Waals surface area contributed by atoms with E-state index in [0.717, 1.165) is 35.6 Å². The summed E-state index contributed by atoms with van der Waals surface area (Å²) in [7, 11) is 2.14. The van der Waals surface area contributed by atoms with E-state index in [4.69, 9.17) is 0 Å². The number of nitrogens with zero attached hydrogens (tertiary/aromatic N) is 2. The first-order valence-corrected chi connectivity index (χ1v) is 16.4. The molecule has 1 aliphatic carbocycles. The predicted molar refractivity (Wildman–Crippen MR) is 202 cm³/mol. The van der Waals surface area contributed by atoms with Gasteiger partial charge in [-0.3, -0.25) is 0 Å². The Hall–Kier alpha value is -5.86. The second kappa shape index (κ2) is 12.5. The highest BCUT2D eigenvalue weighted by Gasteiger charge is 2.14. The molecule has 0 N–H and O–H groups in total. The van der Waals surface area contributed by atoms with Crippen molar-refractivity contribution in [2.45, 2.75) is 12.8 Å². The molecule has 0 bridgehead atoms. The van der Waals surface area contributed by atoms with Crippen molar-refractivity contribution in [3.63, 3.8) is 0 Å². The van der Waals surface area contributed by atoms with Crippen LogP contribution in [0.4, 0.5) is 28.4 Å². The van der Waals surface area contributed by atoms with Gasteiger partial charge in [0, 0.05) is 35.5 Å². The van der Waals surface area contributed by atoms with Gasteiger partial charge in [0.25, 0.3) is 0 Å². The Kier molecular flexibility index (Phi) is 7.61. The molecule has 0 atom stereocenters. The van der Waals surface area contributed by atoms with E-state index in [-0.39, 0.29) is 0 Å². The van der Waals surface area contributed by atoms with Gasteiger partial charge in [0.15, 0.2) is 0 Å². The van der Waals surface area contributed by atoms with Crippen LogP contribution in [0.1, 0.15) is 18.4 Å². The van der Waals surface area contributed by atoms with Crippen molar-refractivity contribution in [3.8, 4) is 11.1 Å². The van der Waals surface area contributed by atoms with E-state index in [2.05, 4.69) is 193 Å². The first kappa shape index (κ1) is 28.6. The molecule has 1 aliphatic rings. The molecule has 7 aromatic rings. The third-order valence-corrected chi connectivity index (χ3v) is 9.24. The lowest BCUT2D eigenvalue weighted by Gasteiger charge is -2.26. The van der Waals surface area contributed by atoms with E-state index < -0.39 is 0 Å². The lowest BCUT2D eigenvalue weighted by molar-refractivity contribution is 1.04. The fourth-order valence-electron chi connectivity index (χ4n) is 6.64. The number of benzene rings is 7. The molecule has 0 heterocycles. The van der Waals surface area contributed by atoms with Crippen LogP contribution in [0.25, 0.3) is 38.2 Å². The third kappa shape index (κ3) is 5.82. The molecule has 0 aliphatic heterocycles. The van der Waals surface area contributed by atoms with Crippen LogP contribution in [0.3, 0.4) is 0 Å². The summed E-state index contributed by atoms with van der Waals surface area (Å²) in [5.41, 5.74) is 10.7. The maximum Gasteiger partial charge on any atom is 0.0467 e. The van der Waals surface area contributed by atoms with E-state index in [1.54, 1.807) is 0 Å². The highest BCUT2D eigenvalue weighted by Crippen LogP contribution is 2.38. The van der Waals surface area contributed by atoms with Gasteiger partial charge in [-0.25, -0.2) is 0 Å². The summed E-state index contributed by atoms with van der Waals surface area (Å²) in [6.07, 6.45) is 9.07. The van der Waals surface area contributed by atoms with Crippen molar-refractivity contribution >= 4 is 55.6 Å². The van der Waals surface area contributed by atoms with Gasteiger partial charge >= 0.3 is 0 Å². The van der Waals surface area contributed by atoms with Crippen molar-refractivity contribution in [2.75, 3.05) is 16.8 Å². The Balaban J connectivity index is 1.06. The maximum absolute atomic E-state index is 2.34. The van der Waals surface area contributed by atoms with Gasteiger partial charge in [0.05, 0.1) is 0 Å². The molecule has 8 rings (SSSR count). The third-order valence-electron chi connectivity index (χ3n) is 9.24. The minimum absolute atomic E-state index is 1.10. The monoisotopic (exact) mass is 604 g/mol. The van der Waals surface area contributed by atoms with Gasteiger partial charge in [0.2, 0.25) is 0 Å². The smallest absolute Gasteiger partial charge is 0.0467 e. The lowest BCUT2D eigenvalue weighted by atomic mass is 9.99. The average molecular weight is 605 g/mol. The molecule has 0 saturated heterocycles. The summed E-state index contributed by atoms with van der Waals surface area (Å²) in [6.45, 7) is 0. The second-order valence-electron chi connectivity index (χ2n) is 12.2. The number of hydrogen-bond donors (Lipinski definition) is 0. The van der Waals surface area contributed by atoms with Crippen LogP contribution in [-0.2, 0) is 0 Å². The Morgan fingerprint density at radius 3 is 1.70 bits per heavy atom. The molecule has 226 valence electrons. The number of para-hydroxylation sites is 1. The van der Waals surface area contributed by atoms with Gasteiger partial charge in [-0.2, -0.15) is 0 Å². The number of fused-ring (bicyclic) bond motifs is 2. The van der Waals surface area contributed by atoms with Gasteiger partial charge in [-0.1, -0.05) is 103 Å². The number of anilines is 5. The topological polar surface area (TPSA) is 6.48 Å². The van der Waals surface area contributed by atoms with Crippen molar-refractivity contribution in [1.82, 2.24) is 0 Å². The quantitative estimate of drug-likeness (QED) is 0.167. The molecule has 0 unspecified atom stereocenters. The van der Waals surface area contributed by atoms with Crippen LogP contribution in [0.2, 0.25) is 0 Å². The van der Waals surface area contributed by atoms with Gasteiger partial charge in [-0.15, -0.1) is 0 Å². The number of rotatable bonds is 7. The van der Waals surface area contributed by atoms with Gasteiger partial charge in [0.1, 0.15) is 0 Å². The first-order chi connectivity index (χ1) is 23.2. The Morgan fingerprint density at radius 1 is 0.404 bits per heavy atom. The fraction of sp³-hybridized carbons (Fsp3) is 0.0667. The molecule has 0 fully saturated rings. The summed E-state index contributed by atoms with van der Waals surface area (Å²) < 4.78 is 0. The van der Waals surface area contributed by atoms with E-state index >= 15 is 0 Å². The normalized spacial score (nSPS) is 12.7. The van der Waals surface area contributed by atoms with Crippen molar-refractivity contribution in [1.29, 1.82) is 0 Å². The van der Waals surface area contributed by atoms with Crippen LogP contribution >= 0.6 is 0 Å². The average Bonchev–Trinajstić information content (AvgIpc) is 3.15. The largest absolute Gasteiger partial charge is 0.345 e. The summed E-state index contributed by atoms with van der Waals surface area (Å²) in [4.78, 5) is 4.59. The molecule has 7 aromatic carbocycles. The molecular weight excluding hydrogens is 569 g/mol. The molecular formula is C45H36N2. The van der Waals surface area contributed by atoms with E-state index in [9.17, 15) is 0 Å². The zero-order chi connectivity index (χ0) is 31.6. The summed E-state index contributed by atoms with van der Waals surface area (Å²) in [6, 6.07) is 57.1. The molecule has 0 amide bonds. The molecule has 0 radical (unpaired) electrons. The SMILES string of the molecule is CN(c1ccc(-c2ccc(N(c3ccccc3)c3cccc(C4=CCCC=C4)c3)cc2)cc1)c1ccc2cc3ccccc3cc2c1. The Labute approximate surface area is 277 Å². The van der Waals surface area contributed by atoms with Crippen molar-refractivity contribution in [3.05, 3.63) is 182 Å². The molecule has 0 spiro atoms. The van der Waals surface area contributed by atoms with E-state index in [1.165, 1.54) is 49.5 Å². The minimum atomic E-state index is 1.10. The molecule has 2 heteroatoms. The summed E-state index contributed by atoms with van der Waals surface area (Å²) in [5, 5.41) is 5.06. The van der Waals surface area contributed by atoms with Crippen molar-refractivity contribution in [2.24, 2.45) is 0 Å². The van der Waals surface area contributed by atoms with Gasteiger partial charge in [-0.05, 0) is 129 Å². The van der Waals surface area contributed by atoms with Crippen LogP contribution in [0, 0.1) is 0 Å². The zero-order valence-corrected chi connectivity index (χ0v) is 26.6. The number of allylic oxidation sites excluding steroid dienone is 4. The Bertz CT molecular complexity index is 2240. The molecule has 47 heavy (non-hydrogen) atoms. The zero-order valence-electron chi connectivity index (χ0n) is 26.6. The molecule has 0 aromatic heterocycles. The summed E-state index contributed by atoms with van der Waals surface area (Å²) in [5.74, 6) is 0. The highest BCUT2D eigenvalue weighted by molar-refractivity contribution is 5.99. The van der Waals surface area contributed by atoms with Crippen LogP contribution in [-0.4, -0.2) is 7.05 Å². The number of hydrogen-bond acceptors (Lipinski definition) is 2. The van der Waals surface area contributed by atoms with Crippen LogP contribution in [0.15, 0.2) is 176 Å². The summed E-state index contributed by atoms with van der Waals surface area (Å²) >= 11 is 0. The molecule has 2 nitrogen and oxygen atoms in total. The standard InChI is InChI=1S/C45H36N2/c1-46(44-28-23-39-29-36-13-8-9-14-37(36)30-40(39)32-44)41-24-19-34(20-25-41)35-21-26-43(27-22-35)47(42-16-6-3-7-17-42)45-18-10-15-38(31-45)33-11-4-2-5-12-33/h3-4,6-32H,2,5H2,1H3. The second-order valence-corrected chi connectivity index (χ2v) is 12.2. The molecule has 0 saturated carbocycles. The predicted octanol–water partition coefficient (Wildman–Crippen LogP) is 12.6. The van der Waals surface area contributed by atoms with E-state index in [1.807, 2.05) is 0 Å². The van der Waals surface area contributed by atoms with Crippen molar-refractivity contribution < 1.29 is 0 Å². The first-order valence-electron chi connectivity index (χ1n) is 16.4. The van der Waals surface area contributed by atoms with Crippen LogP contribution < -0.4 is 9.80 Å². The minimum Gasteiger partial charge on any atom is -0.345 e. The Morgan fingerprint density at radius 2 is 1.00 bits per heavy atom. The van der Waals surface area contributed by atoms with E-state index in [0.29, 0.717) is 0 Å². The van der Waals surface area contributed by atoms with Gasteiger partial charge < -0.3 is 9.80 Å². The lowest BCUT2D eigenvalue weighted by Crippen LogP contribution is -2.10. The fourth-order valence-corrected chi connectivity index (χ4v) is 6.64.